The van der Waals surface area contributed by atoms with Crippen LogP contribution in [-0.2, 0) is 15.8 Å². The lowest BCUT2D eigenvalue weighted by atomic mass is 10.1. The minimum absolute atomic E-state index is 0.0844. The van der Waals surface area contributed by atoms with Crippen LogP contribution in [0.15, 0.2) is 41.8 Å². The van der Waals surface area contributed by atoms with Gasteiger partial charge in [0, 0.05) is 26.2 Å². The minimum atomic E-state index is -4.56. The first kappa shape index (κ1) is 23.7. The molecule has 0 spiro atoms. The summed E-state index contributed by atoms with van der Waals surface area (Å²) in [5.41, 5.74) is -1.18. The van der Waals surface area contributed by atoms with Crippen molar-refractivity contribution in [3.05, 3.63) is 52.2 Å². The molecule has 3 amide bonds. The number of rotatable bonds is 6. The summed E-state index contributed by atoms with van der Waals surface area (Å²) >= 11 is 1.29. The van der Waals surface area contributed by atoms with Gasteiger partial charge in [0.05, 0.1) is 22.7 Å². The molecule has 0 bridgehead atoms. The highest BCUT2D eigenvalue weighted by Gasteiger charge is 2.34. The maximum absolute atomic E-state index is 13.1. The largest absolute Gasteiger partial charge is 0.418 e. The van der Waals surface area contributed by atoms with Gasteiger partial charge in [-0.2, -0.15) is 13.2 Å². The highest BCUT2D eigenvalue weighted by molar-refractivity contribution is 7.12. The average Bonchev–Trinajstić information content (AvgIpc) is 3.28. The van der Waals surface area contributed by atoms with E-state index in [1.54, 1.807) is 34.2 Å². The fourth-order valence-electron chi connectivity index (χ4n) is 3.37. The molecule has 1 saturated heterocycles. The summed E-state index contributed by atoms with van der Waals surface area (Å²) in [5, 5.41) is 6.78. The van der Waals surface area contributed by atoms with Gasteiger partial charge < -0.3 is 15.5 Å². The van der Waals surface area contributed by atoms with Crippen molar-refractivity contribution in [3.63, 3.8) is 0 Å². The lowest BCUT2D eigenvalue weighted by molar-refractivity contribution is -0.137. The fourth-order valence-corrected chi connectivity index (χ4v) is 4.00. The van der Waals surface area contributed by atoms with Crippen LogP contribution in [0, 0.1) is 0 Å². The third-order valence-corrected chi connectivity index (χ3v) is 5.89. The molecule has 3 rings (SSSR count). The van der Waals surface area contributed by atoms with Gasteiger partial charge in [-0.15, -0.1) is 11.3 Å². The summed E-state index contributed by atoms with van der Waals surface area (Å²) in [7, 11) is 0. The third kappa shape index (κ3) is 6.07. The smallest absolute Gasteiger partial charge is 0.340 e. The van der Waals surface area contributed by atoms with Crippen LogP contribution >= 0.6 is 11.3 Å². The summed E-state index contributed by atoms with van der Waals surface area (Å²) in [6, 6.07) is 7.55. The number of piperazine rings is 1. The van der Waals surface area contributed by atoms with Crippen molar-refractivity contribution in [2.75, 3.05) is 38.0 Å². The first-order chi connectivity index (χ1) is 15.1. The van der Waals surface area contributed by atoms with Gasteiger partial charge >= 0.3 is 6.18 Å². The number of amides is 3. The predicted molar refractivity (Wildman–Crippen MR) is 114 cm³/mol. The van der Waals surface area contributed by atoms with Crippen LogP contribution < -0.4 is 10.6 Å². The summed E-state index contributed by atoms with van der Waals surface area (Å²) in [6.07, 6.45) is -4.56. The Morgan fingerprint density at radius 1 is 1.06 bits per heavy atom. The number of nitrogens with one attached hydrogen (secondary N) is 2. The number of hydrogen-bond donors (Lipinski definition) is 2. The van der Waals surface area contributed by atoms with E-state index in [1.165, 1.54) is 29.5 Å². The van der Waals surface area contributed by atoms with Gasteiger partial charge in [-0.05, 0) is 30.5 Å². The van der Waals surface area contributed by atoms with Crippen LogP contribution in [0.3, 0.4) is 0 Å². The third-order valence-electron chi connectivity index (χ3n) is 5.02. The van der Waals surface area contributed by atoms with Crippen LogP contribution in [0.2, 0.25) is 0 Å². The van der Waals surface area contributed by atoms with Crippen LogP contribution in [0.25, 0.3) is 0 Å². The summed E-state index contributed by atoms with van der Waals surface area (Å²) in [5.74, 6) is -1.09. The summed E-state index contributed by atoms with van der Waals surface area (Å²) < 4.78 is 39.2. The van der Waals surface area contributed by atoms with Crippen molar-refractivity contribution >= 4 is 34.7 Å². The Balaban J connectivity index is 1.47. The molecule has 1 aromatic heterocycles. The molecule has 2 N–H and O–H groups in total. The van der Waals surface area contributed by atoms with E-state index in [2.05, 4.69) is 10.6 Å². The molecule has 11 heteroatoms. The zero-order valence-electron chi connectivity index (χ0n) is 17.3. The highest BCUT2D eigenvalue weighted by Crippen LogP contribution is 2.34. The molecule has 1 fully saturated rings. The maximum atomic E-state index is 13.1. The van der Waals surface area contributed by atoms with Gasteiger partial charge in [0.2, 0.25) is 11.8 Å². The molecule has 1 aromatic carbocycles. The Hall–Kier alpha value is -2.92. The van der Waals surface area contributed by atoms with Crippen LogP contribution in [0.1, 0.15) is 22.2 Å². The monoisotopic (exact) mass is 468 g/mol. The van der Waals surface area contributed by atoms with Gasteiger partial charge in [0.25, 0.3) is 5.91 Å². The Labute approximate surface area is 187 Å². The van der Waals surface area contributed by atoms with E-state index in [4.69, 9.17) is 0 Å². The second kappa shape index (κ2) is 10.1. The Bertz CT molecular complexity index is 957. The first-order valence-corrected chi connectivity index (χ1v) is 10.8. The normalized spacial score (nSPS) is 15.8. The van der Waals surface area contributed by atoms with Crippen molar-refractivity contribution in [2.45, 2.75) is 19.1 Å². The molecule has 172 valence electrons. The number of para-hydroxylation sites is 1. The van der Waals surface area contributed by atoms with E-state index >= 15 is 0 Å². The molecule has 7 nitrogen and oxygen atoms in total. The van der Waals surface area contributed by atoms with Crippen LogP contribution in [0.5, 0.6) is 0 Å². The van der Waals surface area contributed by atoms with Gasteiger partial charge in [-0.1, -0.05) is 18.2 Å². The summed E-state index contributed by atoms with van der Waals surface area (Å²) in [6.45, 7) is 3.02. The molecule has 1 aliphatic heterocycles. The van der Waals surface area contributed by atoms with E-state index in [-0.39, 0.29) is 24.0 Å². The van der Waals surface area contributed by atoms with Crippen molar-refractivity contribution < 1.29 is 27.6 Å². The number of carbonyl (C=O) groups is 3. The molecule has 1 atom stereocenters. The topological polar surface area (TPSA) is 81.8 Å². The lowest BCUT2D eigenvalue weighted by Crippen LogP contribution is -2.55. The average molecular weight is 469 g/mol. The minimum Gasteiger partial charge on any atom is -0.340 e. The van der Waals surface area contributed by atoms with Gasteiger partial charge in [0.15, 0.2) is 0 Å². The zero-order valence-corrected chi connectivity index (χ0v) is 18.1. The number of alkyl halides is 3. The zero-order chi connectivity index (χ0) is 23.3. The van der Waals surface area contributed by atoms with Crippen molar-refractivity contribution in [2.24, 2.45) is 0 Å². The Morgan fingerprint density at radius 2 is 1.75 bits per heavy atom. The number of anilines is 1. The number of hydrogen-bond acceptors (Lipinski definition) is 5. The second-order valence-electron chi connectivity index (χ2n) is 7.37. The molecular formula is C21H23F3N4O3S. The van der Waals surface area contributed by atoms with E-state index in [0.29, 0.717) is 31.1 Å². The maximum Gasteiger partial charge on any atom is 0.418 e. The van der Waals surface area contributed by atoms with E-state index in [0.717, 1.165) is 6.07 Å². The highest BCUT2D eigenvalue weighted by atomic mass is 32.1. The van der Waals surface area contributed by atoms with Gasteiger partial charge in [-0.3, -0.25) is 19.3 Å². The molecule has 1 aliphatic rings. The van der Waals surface area contributed by atoms with Gasteiger partial charge in [-0.25, -0.2) is 0 Å². The van der Waals surface area contributed by atoms with Crippen LogP contribution in [0.4, 0.5) is 18.9 Å². The molecule has 0 aliphatic carbocycles. The fraction of sp³-hybridized carbons (Fsp3) is 0.381. The number of nitrogens with zero attached hydrogens (tertiary/aromatic N) is 2. The molecule has 32 heavy (non-hydrogen) atoms. The Morgan fingerprint density at radius 3 is 2.38 bits per heavy atom. The quantitative estimate of drug-likeness (QED) is 0.683. The van der Waals surface area contributed by atoms with Crippen LogP contribution in [-0.4, -0.2) is 66.3 Å². The Kier molecular flexibility index (Phi) is 7.52. The number of thiophene rings is 1. The summed E-state index contributed by atoms with van der Waals surface area (Å²) in [4.78, 5) is 40.9. The molecular weight excluding hydrogens is 445 g/mol. The number of carbonyl (C=O) groups excluding carboxylic acids is 3. The lowest BCUT2D eigenvalue weighted by Gasteiger charge is -2.35. The standard InChI is InChI=1S/C21H23F3N4O3S/c1-14(25-19(30)17-7-4-12-32-17)20(31)28-10-8-27(9-11-28)13-18(29)26-16-6-3-2-5-15(16)21(22,23)24/h2-7,12,14H,8-11,13H2,1H3,(H,25,30)(H,26,29). The first-order valence-electron chi connectivity index (χ1n) is 9.96. The number of halogens is 3. The molecule has 2 aromatic rings. The van der Waals surface area contributed by atoms with E-state index in [1.807, 2.05) is 0 Å². The van der Waals surface area contributed by atoms with Crippen molar-refractivity contribution in [1.29, 1.82) is 0 Å². The van der Waals surface area contributed by atoms with Crippen molar-refractivity contribution in [3.8, 4) is 0 Å². The van der Waals surface area contributed by atoms with E-state index in [9.17, 15) is 27.6 Å². The predicted octanol–water partition coefficient (Wildman–Crippen LogP) is 2.67. The molecule has 2 heterocycles. The van der Waals surface area contributed by atoms with Gasteiger partial charge in [0.1, 0.15) is 6.04 Å². The number of benzene rings is 1. The van der Waals surface area contributed by atoms with Crippen molar-refractivity contribution in [1.82, 2.24) is 15.1 Å². The SMILES string of the molecule is CC(NC(=O)c1cccs1)C(=O)N1CCN(CC(=O)Nc2ccccc2C(F)(F)F)CC1. The second-order valence-corrected chi connectivity index (χ2v) is 8.31. The molecule has 0 radical (unpaired) electrons. The van der Waals surface area contributed by atoms with E-state index < -0.39 is 23.7 Å². The molecule has 1 unspecified atom stereocenters. The molecule has 0 saturated carbocycles.